The van der Waals surface area contributed by atoms with E-state index in [0.717, 1.165) is 9.77 Å². The fourth-order valence-electron chi connectivity index (χ4n) is 1.36. The Balaban J connectivity index is 1.77. The van der Waals surface area contributed by atoms with E-state index in [1.165, 1.54) is 23.1 Å². The monoisotopic (exact) mass is 313 g/mol. The highest BCUT2D eigenvalue weighted by molar-refractivity contribution is 8.01. The van der Waals surface area contributed by atoms with E-state index in [1.54, 1.807) is 12.3 Å². The Labute approximate surface area is 124 Å². The number of nitrogens with two attached hydrogens (primary N) is 1. The van der Waals surface area contributed by atoms with Gasteiger partial charge in [-0.05, 0) is 11.6 Å². The van der Waals surface area contributed by atoms with Crippen LogP contribution in [0.2, 0.25) is 5.02 Å². The van der Waals surface area contributed by atoms with E-state index in [9.17, 15) is 4.79 Å². The number of thiazole rings is 1. The largest absolute Gasteiger partial charge is 0.375 e. The zero-order valence-corrected chi connectivity index (χ0v) is 12.3. The number of nitrogens with zero attached hydrogens (tertiary/aromatic N) is 1. The third kappa shape index (κ3) is 4.41. The first-order valence-electron chi connectivity index (χ1n) is 5.49. The molecule has 3 N–H and O–H groups in total. The number of anilines is 1. The highest BCUT2D eigenvalue weighted by Gasteiger charge is 2.06. The van der Waals surface area contributed by atoms with Gasteiger partial charge in [-0.2, -0.15) is 0 Å². The number of thioether (sulfide) groups is 1. The highest BCUT2D eigenvalue weighted by atomic mass is 35.5. The number of aromatic nitrogens is 1. The first-order valence-corrected chi connectivity index (χ1v) is 7.67. The summed E-state index contributed by atoms with van der Waals surface area (Å²) < 4.78 is 0.936. The number of benzene rings is 1. The Hall–Kier alpha value is -1.24. The van der Waals surface area contributed by atoms with Crippen LogP contribution in [-0.2, 0) is 11.3 Å². The number of hydrogen-bond donors (Lipinski definition) is 2. The number of nitrogen functional groups attached to an aromatic ring is 1. The number of rotatable bonds is 5. The fourth-order valence-corrected chi connectivity index (χ4v) is 3.15. The second-order valence-electron chi connectivity index (χ2n) is 3.67. The SMILES string of the molecule is Nc1ncc(SCC(=O)NCc2ccccc2Cl)s1. The number of halogens is 1. The van der Waals surface area contributed by atoms with Crippen molar-refractivity contribution in [2.24, 2.45) is 0 Å². The number of hydrogen-bond acceptors (Lipinski definition) is 5. The molecule has 0 radical (unpaired) electrons. The maximum absolute atomic E-state index is 11.7. The van der Waals surface area contributed by atoms with E-state index < -0.39 is 0 Å². The van der Waals surface area contributed by atoms with Gasteiger partial charge < -0.3 is 11.1 Å². The van der Waals surface area contributed by atoms with Crippen LogP contribution in [-0.4, -0.2) is 16.6 Å². The van der Waals surface area contributed by atoms with Crippen molar-refractivity contribution in [1.29, 1.82) is 0 Å². The second-order valence-corrected chi connectivity index (χ2v) is 6.42. The summed E-state index contributed by atoms with van der Waals surface area (Å²) in [5.41, 5.74) is 6.42. The molecule has 1 aromatic heterocycles. The van der Waals surface area contributed by atoms with Gasteiger partial charge in [-0.25, -0.2) is 4.98 Å². The molecule has 0 aliphatic rings. The van der Waals surface area contributed by atoms with Crippen molar-refractivity contribution in [3.8, 4) is 0 Å². The van der Waals surface area contributed by atoms with Crippen molar-refractivity contribution in [2.45, 2.75) is 10.8 Å². The lowest BCUT2D eigenvalue weighted by atomic mass is 10.2. The normalized spacial score (nSPS) is 10.4. The summed E-state index contributed by atoms with van der Waals surface area (Å²) in [6.45, 7) is 0.434. The lowest BCUT2D eigenvalue weighted by Gasteiger charge is -2.06. The summed E-state index contributed by atoms with van der Waals surface area (Å²) >= 11 is 8.80. The molecule has 1 heterocycles. The molecule has 0 spiro atoms. The molecule has 1 amide bonds. The minimum Gasteiger partial charge on any atom is -0.375 e. The number of amides is 1. The van der Waals surface area contributed by atoms with Crippen molar-refractivity contribution in [3.63, 3.8) is 0 Å². The molecule has 1 aromatic carbocycles. The van der Waals surface area contributed by atoms with E-state index in [1.807, 2.05) is 18.2 Å². The van der Waals surface area contributed by atoms with Gasteiger partial charge in [0.15, 0.2) is 5.13 Å². The summed E-state index contributed by atoms with van der Waals surface area (Å²) in [7, 11) is 0. The van der Waals surface area contributed by atoms with Crippen molar-refractivity contribution < 1.29 is 4.79 Å². The number of carbonyl (C=O) groups is 1. The summed E-state index contributed by atoms with van der Waals surface area (Å²) in [5.74, 6) is 0.295. The average molecular weight is 314 g/mol. The lowest BCUT2D eigenvalue weighted by molar-refractivity contribution is -0.118. The number of carbonyl (C=O) groups excluding carboxylic acids is 1. The Morgan fingerprint density at radius 2 is 2.26 bits per heavy atom. The van der Waals surface area contributed by atoms with Crippen LogP contribution in [0.1, 0.15) is 5.56 Å². The van der Waals surface area contributed by atoms with Crippen LogP contribution in [0.15, 0.2) is 34.7 Å². The topological polar surface area (TPSA) is 68.0 Å². The first-order chi connectivity index (χ1) is 9.15. The van der Waals surface area contributed by atoms with Crippen molar-refractivity contribution in [3.05, 3.63) is 41.0 Å². The van der Waals surface area contributed by atoms with Crippen molar-refractivity contribution in [1.82, 2.24) is 10.3 Å². The first kappa shape index (κ1) is 14.2. The zero-order valence-electron chi connectivity index (χ0n) is 9.93. The minimum absolute atomic E-state index is 0.0445. The predicted molar refractivity (Wildman–Crippen MR) is 80.5 cm³/mol. The maximum Gasteiger partial charge on any atom is 0.230 e. The van der Waals surface area contributed by atoms with E-state index in [2.05, 4.69) is 10.3 Å². The Bertz CT molecular complexity index is 574. The molecule has 4 nitrogen and oxygen atoms in total. The van der Waals surface area contributed by atoms with E-state index in [0.29, 0.717) is 22.5 Å². The van der Waals surface area contributed by atoms with Gasteiger partial charge in [-0.15, -0.1) is 11.8 Å². The molecule has 2 rings (SSSR count). The van der Waals surface area contributed by atoms with Gasteiger partial charge in [0.1, 0.15) is 0 Å². The molecule has 100 valence electrons. The Kier molecular flexibility index (Phi) is 5.07. The molecule has 19 heavy (non-hydrogen) atoms. The van der Waals surface area contributed by atoms with Gasteiger partial charge in [0.05, 0.1) is 16.2 Å². The van der Waals surface area contributed by atoms with Gasteiger partial charge in [0.25, 0.3) is 0 Å². The Morgan fingerprint density at radius 3 is 2.95 bits per heavy atom. The van der Waals surface area contributed by atoms with Gasteiger partial charge in [-0.3, -0.25) is 4.79 Å². The van der Waals surface area contributed by atoms with Gasteiger partial charge in [0.2, 0.25) is 5.91 Å². The predicted octanol–water partition coefficient (Wildman–Crippen LogP) is 2.79. The summed E-state index contributed by atoms with van der Waals surface area (Å²) in [6.07, 6.45) is 1.67. The molecule has 7 heteroatoms. The standard InChI is InChI=1S/C12H12ClN3OS2/c13-9-4-2-1-3-8(9)5-15-10(17)7-18-11-6-16-12(14)19-11/h1-4,6H,5,7H2,(H2,14,16)(H,15,17). The molecule has 2 aromatic rings. The van der Waals surface area contributed by atoms with Crippen LogP contribution >= 0.6 is 34.7 Å². The maximum atomic E-state index is 11.7. The molecule has 0 unspecified atom stereocenters. The smallest absolute Gasteiger partial charge is 0.230 e. The van der Waals surface area contributed by atoms with Crippen molar-refractivity contribution in [2.75, 3.05) is 11.5 Å². The highest BCUT2D eigenvalue weighted by Crippen LogP contribution is 2.26. The number of nitrogens with one attached hydrogen (secondary N) is 1. The van der Waals surface area contributed by atoms with Crippen LogP contribution in [0.5, 0.6) is 0 Å². The zero-order chi connectivity index (χ0) is 13.7. The van der Waals surface area contributed by atoms with Crippen LogP contribution < -0.4 is 11.1 Å². The van der Waals surface area contributed by atoms with Crippen LogP contribution in [0, 0.1) is 0 Å². The molecule has 0 atom stereocenters. The van der Waals surface area contributed by atoms with Crippen molar-refractivity contribution >= 4 is 45.7 Å². The van der Waals surface area contributed by atoms with E-state index in [4.69, 9.17) is 17.3 Å². The summed E-state index contributed by atoms with van der Waals surface area (Å²) in [6, 6.07) is 7.44. The molecule has 0 aliphatic heterocycles. The summed E-state index contributed by atoms with van der Waals surface area (Å²) in [4.78, 5) is 15.6. The van der Waals surface area contributed by atoms with Crippen LogP contribution in [0.4, 0.5) is 5.13 Å². The molecule has 0 fully saturated rings. The molecule has 0 saturated carbocycles. The molecular formula is C12H12ClN3OS2. The van der Waals surface area contributed by atoms with Crippen LogP contribution in [0.3, 0.4) is 0 Å². The van der Waals surface area contributed by atoms with Crippen LogP contribution in [0.25, 0.3) is 0 Å². The Morgan fingerprint density at radius 1 is 1.47 bits per heavy atom. The second kappa shape index (κ2) is 6.79. The quantitative estimate of drug-likeness (QED) is 0.833. The fraction of sp³-hybridized carbons (Fsp3) is 0.167. The van der Waals surface area contributed by atoms with E-state index in [-0.39, 0.29) is 5.91 Å². The molecular weight excluding hydrogens is 302 g/mol. The average Bonchev–Trinajstić information content (AvgIpc) is 2.81. The van der Waals surface area contributed by atoms with Gasteiger partial charge in [0, 0.05) is 11.6 Å². The van der Waals surface area contributed by atoms with Gasteiger partial charge in [-0.1, -0.05) is 41.1 Å². The van der Waals surface area contributed by atoms with E-state index >= 15 is 0 Å². The summed E-state index contributed by atoms with van der Waals surface area (Å²) in [5, 5.41) is 4.00. The molecule has 0 aliphatic carbocycles. The third-order valence-corrected chi connectivity index (χ3v) is 4.67. The third-order valence-electron chi connectivity index (χ3n) is 2.28. The lowest BCUT2D eigenvalue weighted by Crippen LogP contribution is -2.24. The molecule has 0 bridgehead atoms. The van der Waals surface area contributed by atoms with Gasteiger partial charge >= 0.3 is 0 Å². The minimum atomic E-state index is -0.0445. The molecule has 0 saturated heterocycles.